The van der Waals surface area contributed by atoms with E-state index >= 15 is 0 Å². The normalized spacial score (nSPS) is 22.1. The van der Waals surface area contributed by atoms with Crippen molar-refractivity contribution in [3.8, 4) is 5.69 Å². The van der Waals surface area contributed by atoms with Crippen molar-refractivity contribution in [1.82, 2.24) is 20.2 Å². The van der Waals surface area contributed by atoms with E-state index in [1.807, 2.05) is 30.3 Å². The quantitative estimate of drug-likeness (QED) is 0.749. The summed E-state index contributed by atoms with van der Waals surface area (Å²) in [5.74, 6) is -0.0966. The van der Waals surface area contributed by atoms with E-state index < -0.39 is 18.1 Å². The van der Waals surface area contributed by atoms with Crippen LogP contribution in [0.5, 0.6) is 0 Å². The Morgan fingerprint density at radius 1 is 1.35 bits per heavy atom. The Bertz CT molecular complexity index is 613. The first kappa shape index (κ1) is 12.5. The first-order chi connectivity index (χ1) is 9.66. The molecule has 104 valence electrons. The second kappa shape index (κ2) is 4.89. The Morgan fingerprint density at radius 2 is 2.10 bits per heavy atom. The number of amides is 1. The molecule has 20 heavy (non-hydrogen) atoms. The molecule has 1 saturated heterocycles. The largest absolute Gasteiger partial charge is 0.391 e. The van der Waals surface area contributed by atoms with Crippen molar-refractivity contribution in [3.63, 3.8) is 0 Å². The summed E-state index contributed by atoms with van der Waals surface area (Å²) in [5.41, 5.74) is 6.15. The molecule has 8 heteroatoms. The smallest absolute Gasteiger partial charge is 0.251 e. The lowest BCUT2D eigenvalue weighted by Crippen LogP contribution is -2.41. The molecule has 3 N–H and O–H groups in total. The molecular weight excluding hydrogens is 260 g/mol. The maximum absolute atomic E-state index is 11.5. The van der Waals surface area contributed by atoms with Gasteiger partial charge in [0.05, 0.1) is 11.8 Å². The number of tetrazole rings is 1. The minimum atomic E-state index is -0.617. The van der Waals surface area contributed by atoms with E-state index in [0.29, 0.717) is 5.95 Å². The van der Waals surface area contributed by atoms with Gasteiger partial charge in [0.25, 0.3) is 5.95 Å². The topological polar surface area (TPSA) is 110 Å². The van der Waals surface area contributed by atoms with Crippen LogP contribution in [0, 0.1) is 0 Å². The molecule has 0 radical (unpaired) electrons. The van der Waals surface area contributed by atoms with Crippen LogP contribution in [0.4, 0.5) is 5.95 Å². The SMILES string of the molecule is NC(=O)C1CC(O)CN1c1nnnn1-c1ccccc1. The van der Waals surface area contributed by atoms with Crippen LogP contribution in [0.1, 0.15) is 6.42 Å². The number of hydrogen-bond acceptors (Lipinski definition) is 6. The summed E-state index contributed by atoms with van der Waals surface area (Å²) in [4.78, 5) is 13.1. The van der Waals surface area contributed by atoms with Crippen molar-refractivity contribution in [1.29, 1.82) is 0 Å². The molecule has 1 amide bonds. The Balaban J connectivity index is 1.99. The van der Waals surface area contributed by atoms with Gasteiger partial charge in [-0.15, -0.1) is 0 Å². The molecule has 1 aromatic carbocycles. The van der Waals surface area contributed by atoms with E-state index in [4.69, 9.17) is 5.73 Å². The van der Waals surface area contributed by atoms with Crippen molar-refractivity contribution < 1.29 is 9.90 Å². The van der Waals surface area contributed by atoms with E-state index in [-0.39, 0.29) is 13.0 Å². The number of β-amino-alcohol motifs (C(OH)–C–C–N with tert-alkyl or cyclic N) is 1. The third-order valence-electron chi connectivity index (χ3n) is 3.32. The van der Waals surface area contributed by atoms with Gasteiger partial charge in [-0.3, -0.25) is 4.79 Å². The molecule has 2 heterocycles. The first-order valence-electron chi connectivity index (χ1n) is 6.24. The second-order valence-electron chi connectivity index (χ2n) is 4.69. The van der Waals surface area contributed by atoms with Gasteiger partial charge in [-0.05, 0) is 22.6 Å². The van der Waals surface area contributed by atoms with Crippen molar-refractivity contribution in [2.45, 2.75) is 18.6 Å². The maximum Gasteiger partial charge on any atom is 0.251 e. The first-order valence-corrected chi connectivity index (χ1v) is 6.24. The van der Waals surface area contributed by atoms with Gasteiger partial charge >= 0.3 is 0 Å². The molecule has 0 bridgehead atoms. The standard InChI is InChI=1S/C12H14N6O2/c13-11(20)10-6-9(19)7-17(10)12-14-15-16-18(12)8-4-2-1-3-5-8/h1-5,9-10,19H,6-7H2,(H2,13,20). The van der Waals surface area contributed by atoms with Crippen LogP contribution in [0.25, 0.3) is 5.69 Å². The zero-order chi connectivity index (χ0) is 14.1. The molecular formula is C12H14N6O2. The number of nitrogens with zero attached hydrogens (tertiary/aromatic N) is 5. The number of aliphatic hydroxyl groups excluding tert-OH is 1. The van der Waals surface area contributed by atoms with Gasteiger partial charge in [0.15, 0.2) is 0 Å². The van der Waals surface area contributed by atoms with Gasteiger partial charge in [-0.1, -0.05) is 23.3 Å². The molecule has 1 aliphatic heterocycles. The van der Waals surface area contributed by atoms with Crippen LogP contribution in [-0.2, 0) is 4.79 Å². The second-order valence-corrected chi connectivity index (χ2v) is 4.69. The van der Waals surface area contributed by atoms with E-state index in [1.165, 1.54) is 4.68 Å². The average Bonchev–Trinajstić information content (AvgIpc) is 3.05. The number of para-hydroxylation sites is 1. The lowest BCUT2D eigenvalue weighted by Gasteiger charge is -2.21. The fraction of sp³-hybridized carbons (Fsp3) is 0.333. The number of benzene rings is 1. The van der Waals surface area contributed by atoms with Crippen LogP contribution < -0.4 is 10.6 Å². The number of aliphatic hydroxyl groups is 1. The van der Waals surface area contributed by atoms with Crippen LogP contribution in [0.3, 0.4) is 0 Å². The van der Waals surface area contributed by atoms with Gasteiger partial charge in [0.2, 0.25) is 5.91 Å². The molecule has 2 aromatic rings. The van der Waals surface area contributed by atoms with Crippen molar-refractivity contribution in [2.24, 2.45) is 5.73 Å². The van der Waals surface area contributed by atoms with Crippen molar-refractivity contribution in [3.05, 3.63) is 30.3 Å². The highest BCUT2D eigenvalue weighted by Gasteiger charge is 2.37. The number of anilines is 1. The number of aromatic nitrogens is 4. The monoisotopic (exact) mass is 274 g/mol. The van der Waals surface area contributed by atoms with Crippen LogP contribution in [-0.4, -0.2) is 49.9 Å². The molecule has 0 saturated carbocycles. The highest BCUT2D eigenvalue weighted by Crippen LogP contribution is 2.25. The Hall–Kier alpha value is -2.48. The summed E-state index contributed by atoms with van der Waals surface area (Å²) in [6.07, 6.45) is -0.329. The minimum absolute atomic E-state index is 0.279. The molecule has 0 spiro atoms. The number of hydrogen-bond donors (Lipinski definition) is 2. The maximum atomic E-state index is 11.5. The van der Waals surface area contributed by atoms with Crippen LogP contribution >= 0.6 is 0 Å². The third-order valence-corrected chi connectivity index (χ3v) is 3.32. The number of rotatable bonds is 3. The molecule has 1 aliphatic rings. The average molecular weight is 274 g/mol. The predicted octanol–water partition coefficient (Wildman–Crippen LogP) is -0.913. The van der Waals surface area contributed by atoms with E-state index in [9.17, 15) is 9.90 Å². The molecule has 1 fully saturated rings. The summed E-state index contributed by atoms with van der Waals surface area (Å²) in [7, 11) is 0. The zero-order valence-corrected chi connectivity index (χ0v) is 10.6. The predicted molar refractivity (Wildman–Crippen MR) is 70.1 cm³/mol. The van der Waals surface area contributed by atoms with Crippen molar-refractivity contribution >= 4 is 11.9 Å². The van der Waals surface area contributed by atoms with E-state index in [1.54, 1.807) is 4.90 Å². The lowest BCUT2D eigenvalue weighted by molar-refractivity contribution is -0.119. The van der Waals surface area contributed by atoms with Gasteiger partial charge in [0, 0.05) is 13.0 Å². The summed E-state index contributed by atoms with van der Waals surface area (Å²) in [6, 6.07) is 8.73. The Morgan fingerprint density at radius 3 is 2.80 bits per heavy atom. The molecule has 8 nitrogen and oxygen atoms in total. The number of carbonyl (C=O) groups is 1. The highest BCUT2D eigenvalue weighted by atomic mass is 16.3. The van der Waals surface area contributed by atoms with Gasteiger partial charge in [-0.2, -0.15) is 4.68 Å². The molecule has 2 atom stereocenters. The van der Waals surface area contributed by atoms with Crippen LogP contribution in [0.15, 0.2) is 30.3 Å². The number of carbonyl (C=O) groups excluding carboxylic acids is 1. The van der Waals surface area contributed by atoms with Gasteiger partial charge in [0.1, 0.15) is 6.04 Å². The van der Waals surface area contributed by atoms with Gasteiger partial charge in [-0.25, -0.2) is 0 Å². The number of nitrogens with two attached hydrogens (primary N) is 1. The molecule has 1 aromatic heterocycles. The summed E-state index contributed by atoms with van der Waals surface area (Å²) < 4.78 is 1.52. The highest BCUT2D eigenvalue weighted by molar-refractivity contribution is 5.83. The molecule has 3 rings (SSSR count). The van der Waals surface area contributed by atoms with Crippen molar-refractivity contribution in [2.75, 3.05) is 11.4 Å². The lowest BCUT2D eigenvalue weighted by atomic mass is 10.2. The molecule has 2 unspecified atom stereocenters. The fourth-order valence-corrected chi connectivity index (χ4v) is 2.40. The van der Waals surface area contributed by atoms with E-state index in [0.717, 1.165) is 5.69 Å². The minimum Gasteiger partial charge on any atom is -0.391 e. The van der Waals surface area contributed by atoms with E-state index in [2.05, 4.69) is 15.5 Å². The molecule has 0 aliphatic carbocycles. The summed E-state index contributed by atoms with van der Waals surface area (Å²) in [5, 5.41) is 21.3. The zero-order valence-electron chi connectivity index (χ0n) is 10.6. The number of primary amides is 1. The Kier molecular flexibility index (Phi) is 3.07. The van der Waals surface area contributed by atoms with Gasteiger partial charge < -0.3 is 15.7 Å². The third kappa shape index (κ3) is 2.10. The summed E-state index contributed by atoms with van der Waals surface area (Å²) in [6.45, 7) is 0.279. The summed E-state index contributed by atoms with van der Waals surface area (Å²) >= 11 is 0. The van der Waals surface area contributed by atoms with Crippen LogP contribution in [0.2, 0.25) is 0 Å². The fourth-order valence-electron chi connectivity index (χ4n) is 2.40. The Labute approximate surface area is 114 Å².